The summed E-state index contributed by atoms with van der Waals surface area (Å²) in [5.41, 5.74) is 5.35. The lowest BCUT2D eigenvalue weighted by molar-refractivity contribution is 0.0184. The highest BCUT2D eigenvalue weighted by Crippen LogP contribution is 2.33. The zero-order chi connectivity index (χ0) is 13.1. The molecule has 1 amide bonds. The van der Waals surface area contributed by atoms with Crippen LogP contribution in [0.3, 0.4) is 0 Å². The van der Waals surface area contributed by atoms with E-state index in [9.17, 15) is 4.79 Å². The first kappa shape index (κ1) is 14.3. The Hall–Kier alpha value is -0.810. The van der Waals surface area contributed by atoms with Crippen molar-refractivity contribution in [3.8, 4) is 0 Å². The molecule has 1 aliphatic carbocycles. The molecular weight excluding hydrogens is 220 g/mol. The van der Waals surface area contributed by atoms with E-state index in [4.69, 9.17) is 15.2 Å². The molecule has 17 heavy (non-hydrogen) atoms. The van der Waals surface area contributed by atoms with Gasteiger partial charge in [0.15, 0.2) is 0 Å². The Kier molecular flexibility index (Phi) is 4.38. The molecule has 0 heterocycles. The Balaban J connectivity index is 2.52. The van der Waals surface area contributed by atoms with Crippen molar-refractivity contribution in [2.45, 2.75) is 44.8 Å². The maximum Gasteiger partial charge on any atom is 0.410 e. The molecule has 0 spiro atoms. The molecule has 0 aromatic heterocycles. The van der Waals surface area contributed by atoms with Crippen LogP contribution in [0.15, 0.2) is 0 Å². The van der Waals surface area contributed by atoms with Crippen molar-refractivity contribution < 1.29 is 14.3 Å². The largest absolute Gasteiger partial charge is 0.444 e. The van der Waals surface area contributed by atoms with Gasteiger partial charge in [0.1, 0.15) is 5.60 Å². The van der Waals surface area contributed by atoms with Gasteiger partial charge in [-0.25, -0.2) is 4.79 Å². The van der Waals surface area contributed by atoms with Gasteiger partial charge in [-0.15, -0.1) is 0 Å². The van der Waals surface area contributed by atoms with Gasteiger partial charge in [0, 0.05) is 25.7 Å². The fourth-order valence-corrected chi connectivity index (χ4v) is 1.46. The number of ether oxygens (including phenoxy) is 2. The second kappa shape index (κ2) is 5.23. The summed E-state index contributed by atoms with van der Waals surface area (Å²) in [6, 6.07) is 0. The molecule has 1 rings (SSSR count). The standard InChI is InChI=1S/C12H24N2O3/c1-11(2,3)17-10(15)14(7-8-16-4)9-12(13)5-6-12/h5-9,13H2,1-4H3. The van der Waals surface area contributed by atoms with Crippen molar-refractivity contribution in [2.75, 3.05) is 26.8 Å². The highest BCUT2D eigenvalue weighted by Gasteiger charge is 2.41. The normalized spacial score (nSPS) is 17.7. The molecule has 1 saturated carbocycles. The minimum atomic E-state index is -0.478. The topological polar surface area (TPSA) is 64.8 Å². The highest BCUT2D eigenvalue weighted by atomic mass is 16.6. The molecule has 0 radical (unpaired) electrons. The van der Waals surface area contributed by atoms with Crippen LogP contribution >= 0.6 is 0 Å². The van der Waals surface area contributed by atoms with E-state index in [0.29, 0.717) is 19.7 Å². The molecule has 5 heteroatoms. The molecule has 0 atom stereocenters. The van der Waals surface area contributed by atoms with Gasteiger partial charge in [0.25, 0.3) is 0 Å². The second-order valence-electron chi connectivity index (χ2n) is 5.76. The van der Waals surface area contributed by atoms with E-state index >= 15 is 0 Å². The molecule has 5 nitrogen and oxygen atoms in total. The molecule has 2 N–H and O–H groups in total. The Bertz CT molecular complexity index is 269. The quantitative estimate of drug-likeness (QED) is 0.793. The van der Waals surface area contributed by atoms with Crippen molar-refractivity contribution in [2.24, 2.45) is 5.73 Å². The number of nitrogens with two attached hydrogens (primary N) is 1. The third kappa shape index (κ3) is 5.37. The Labute approximate surface area is 103 Å². The molecule has 1 aliphatic rings. The summed E-state index contributed by atoms with van der Waals surface area (Å²) >= 11 is 0. The summed E-state index contributed by atoms with van der Waals surface area (Å²) in [6.45, 7) is 7.13. The van der Waals surface area contributed by atoms with Gasteiger partial charge in [-0.05, 0) is 33.6 Å². The SMILES string of the molecule is COCCN(CC1(N)CC1)C(=O)OC(C)(C)C. The summed E-state index contributed by atoms with van der Waals surface area (Å²) in [6.07, 6.45) is 1.63. The van der Waals surface area contributed by atoms with Crippen LogP contribution in [0.25, 0.3) is 0 Å². The molecule has 100 valence electrons. The Morgan fingerprint density at radius 1 is 1.41 bits per heavy atom. The van der Waals surface area contributed by atoms with Gasteiger partial charge in [-0.3, -0.25) is 0 Å². The average molecular weight is 244 g/mol. The van der Waals surface area contributed by atoms with E-state index < -0.39 is 5.60 Å². The smallest absolute Gasteiger partial charge is 0.410 e. The van der Waals surface area contributed by atoms with Crippen molar-refractivity contribution in [1.29, 1.82) is 0 Å². The van der Waals surface area contributed by atoms with Crippen LogP contribution in [0.1, 0.15) is 33.6 Å². The predicted molar refractivity (Wildman–Crippen MR) is 65.8 cm³/mol. The summed E-state index contributed by atoms with van der Waals surface area (Å²) in [5.74, 6) is 0. The maximum absolute atomic E-state index is 12.0. The van der Waals surface area contributed by atoms with Crippen LogP contribution in [0.4, 0.5) is 4.79 Å². The minimum Gasteiger partial charge on any atom is -0.444 e. The number of amides is 1. The molecule has 0 aliphatic heterocycles. The van der Waals surface area contributed by atoms with Gasteiger partial charge in [0.2, 0.25) is 0 Å². The van der Waals surface area contributed by atoms with Crippen molar-refractivity contribution in [3.63, 3.8) is 0 Å². The van der Waals surface area contributed by atoms with E-state index in [1.807, 2.05) is 20.8 Å². The zero-order valence-corrected chi connectivity index (χ0v) is 11.3. The molecule has 0 aromatic carbocycles. The van der Waals surface area contributed by atoms with Gasteiger partial charge in [0.05, 0.1) is 6.61 Å². The minimum absolute atomic E-state index is 0.204. The molecular formula is C12H24N2O3. The molecule has 0 bridgehead atoms. The van der Waals surface area contributed by atoms with Crippen molar-refractivity contribution in [3.05, 3.63) is 0 Å². The lowest BCUT2D eigenvalue weighted by Crippen LogP contribution is -2.46. The molecule has 0 aromatic rings. The fraction of sp³-hybridized carbons (Fsp3) is 0.917. The molecule has 0 saturated heterocycles. The fourth-order valence-electron chi connectivity index (χ4n) is 1.46. The van der Waals surface area contributed by atoms with Gasteiger partial charge < -0.3 is 20.1 Å². The number of carbonyl (C=O) groups is 1. The van der Waals surface area contributed by atoms with E-state index in [1.165, 1.54) is 0 Å². The maximum atomic E-state index is 12.0. The van der Waals surface area contributed by atoms with Gasteiger partial charge >= 0.3 is 6.09 Å². The van der Waals surface area contributed by atoms with Crippen LogP contribution in [0.5, 0.6) is 0 Å². The van der Waals surface area contributed by atoms with Crippen LogP contribution in [0, 0.1) is 0 Å². The zero-order valence-electron chi connectivity index (χ0n) is 11.3. The van der Waals surface area contributed by atoms with Crippen LogP contribution < -0.4 is 5.73 Å². The van der Waals surface area contributed by atoms with Crippen LogP contribution in [0.2, 0.25) is 0 Å². The first-order chi connectivity index (χ1) is 7.76. The van der Waals surface area contributed by atoms with Gasteiger partial charge in [-0.2, -0.15) is 0 Å². The third-order valence-corrected chi connectivity index (χ3v) is 2.62. The van der Waals surface area contributed by atoms with Crippen molar-refractivity contribution in [1.82, 2.24) is 4.90 Å². The van der Waals surface area contributed by atoms with E-state index in [1.54, 1.807) is 12.0 Å². The summed E-state index contributed by atoms with van der Waals surface area (Å²) in [7, 11) is 1.61. The number of carbonyl (C=O) groups excluding carboxylic acids is 1. The Morgan fingerprint density at radius 3 is 2.41 bits per heavy atom. The molecule has 1 fully saturated rings. The second-order valence-corrected chi connectivity index (χ2v) is 5.76. The third-order valence-electron chi connectivity index (χ3n) is 2.62. The highest BCUT2D eigenvalue weighted by molar-refractivity contribution is 5.68. The number of rotatable bonds is 5. The Morgan fingerprint density at radius 2 is 2.00 bits per heavy atom. The summed E-state index contributed by atoms with van der Waals surface area (Å²) < 4.78 is 10.3. The predicted octanol–water partition coefficient (Wildman–Crippen LogP) is 1.36. The average Bonchev–Trinajstić information content (AvgIpc) is 2.88. The van der Waals surface area contributed by atoms with Crippen LogP contribution in [-0.2, 0) is 9.47 Å². The molecule has 0 unspecified atom stereocenters. The first-order valence-corrected chi connectivity index (χ1v) is 6.01. The number of nitrogens with zero attached hydrogens (tertiary/aromatic N) is 1. The number of methoxy groups -OCH3 is 1. The number of hydrogen-bond donors (Lipinski definition) is 1. The first-order valence-electron chi connectivity index (χ1n) is 6.01. The van der Waals surface area contributed by atoms with Crippen molar-refractivity contribution >= 4 is 6.09 Å². The van der Waals surface area contributed by atoms with E-state index in [0.717, 1.165) is 12.8 Å². The summed E-state index contributed by atoms with van der Waals surface area (Å²) in [4.78, 5) is 13.6. The van der Waals surface area contributed by atoms with Gasteiger partial charge in [-0.1, -0.05) is 0 Å². The lowest BCUT2D eigenvalue weighted by atomic mass is 10.2. The summed E-state index contributed by atoms with van der Waals surface area (Å²) in [5, 5.41) is 0. The lowest BCUT2D eigenvalue weighted by Gasteiger charge is -2.29. The van der Waals surface area contributed by atoms with Crippen LogP contribution in [-0.4, -0.2) is 48.9 Å². The monoisotopic (exact) mass is 244 g/mol. The number of hydrogen-bond acceptors (Lipinski definition) is 4. The van der Waals surface area contributed by atoms with E-state index in [2.05, 4.69) is 0 Å². The van der Waals surface area contributed by atoms with E-state index in [-0.39, 0.29) is 11.6 Å².